The third-order valence-electron chi connectivity index (χ3n) is 3.47. The maximum absolute atomic E-state index is 14.2. The Hall–Kier alpha value is -1.17. The molecule has 0 bridgehead atoms. The molecule has 1 unspecified atom stereocenters. The minimum Gasteiger partial charge on any atom is -0.466 e. The minimum absolute atomic E-state index is 0.117. The molecule has 0 N–H and O–H groups in total. The highest BCUT2D eigenvalue weighted by atomic mass is 35.5. The molecule has 1 fully saturated rings. The normalized spacial score (nSPS) is 17.5. The van der Waals surface area contributed by atoms with Gasteiger partial charge in [0.25, 0.3) is 0 Å². The highest BCUT2D eigenvalue weighted by Gasteiger charge is 2.27. The predicted octanol–water partition coefficient (Wildman–Crippen LogP) is 2.81. The molecule has 1 heterocycles. The lowest BCUT2D eigenvalue weighted by atomic mass is 10.0. The zero-order valence-electron chi connectivity index (χ0n) is 12.0. The van der Waals surface area contributed by atoms with Crippen molar-refractivity contribution < 1.29 is 18.7 Å². The van der Waals surface area contributed by atoms with Crippen molar-refractivity contribution in [2.45, 2.75) is 19.4 Å². The van der Waals surface area contributed by atoms with Crippen LogP contribution in [0.4, 0.5) is 4.39 Å². The van der Waals surface area contributed by atoms with Crippen molar-refractivity contribution in [3.8, 4) is 0 Å². The van der Waals surface area contributed by atoms with Crippen LogP contribution in [-0.4, -0.2) is 43.8 Å². The molecule has 1 aliphatic rings. The standard InChI is InChI=1S/C15H19ClFNO3/c1-2-21-15(19)10-14(18-5-7-20-8-6-18)12-4-3-11(16)9-13(12)17/h3-4,9,14H,2,5-8,10H2,1H3. The SMILES string of the molecule is CCOC(=O)CC(c1ccc(Cl)cc1F)N1CCOCC1. The second-order valence-corrected chi connectivity index (χ2v) is 5.28. The largest absolute Gasteiger partial charge is 0.466 e. The molecular weight excluding hydrogens is 297 g/mol. The number of ether oxygens (including phenoxy) is 2. The fourth-order valence-corrected chi connectivity index (χ4v) is 2.63. The molecule has 1 aromatic carbocycles. The number of hydrogen-bond donors (Lipinski definition) is 0. The summed E-state index contributed by atoms with van der Waals surface area (Å²) in [6.07, 6.45) is 0.117. The van der Waals surface area contributed by atoms with E-state index in [-0.39, 0.29) is 18.4 Å². The summed E-state index contributed by atoms with van der Waals surface area (Å²) in [5, 5.41) is 0.341. The molecule has 0 aromatic heterocycles. The lowest BCUT2D eigenvalue weighted by Crippen LogP contribution is -2.40. The van der Waals surface area contributed by atoms with Gasteiger partial charge in [0, 0.05) is 29.7 Å². The molecule has 0 amide bonds. The molecule has 0 aliphatic carbocycles. The van der Waals surface area contributed by atoms with E-state index in [9.17, 15) is 9.18 Å². The van der Waals surface area contributed by atoms with Gasteiger partial charge >= 0.3 is 5.97 Å². The van der Waals surface area contributed by atoms with E-state index in [0.29, 0.717) is 43.5 Å². The van der Waals surface area contributed by atoms with Crippen LogP contribution in [0.25, 0.3) is 0 Å². The molecule has 0 radical (unpaired) electrons. The van der Waals surface area contributed by atoms with Gasteiger partial charge in [-0.3, -0.25) is 9.69 Å². The highest BCUT2D eigenvalue weighted by molar-refractivity contribution is 6.30. The summed E-state index contributed by atoms with van der Waals surface area (Å²) in [5.74, 6) is -0.730. The fraction of sp³-hybridized carbons (Fsp3) is 0.533. The highest BCUT2D eigenvalue weighted by Crippen LogP contribution is 2.29. The molecule has 21 heavy (non-hydrogen) atoms. The molecule has 6 heteroatoms. The van der Waals surface area contributed by atoms with Crippen LogP contribution in [0.2, 0.25) is 5.02 Å². The van der Waals surface area contributed by atoms with Crippen molar-refractivity contribution in [1.29, 1.82) is 0 Å². The van der Waals surface area contributed by atoms with Gasteiger partial charge in [-0.15, -0.1) is 0 Å². The Bertz CT molecular complexity index is 492. The predicted molar refractivity (Wildman–Crippen MR) is 77.8 cm³/mol. The molecule has 0 spiro atoms. The van der Waals surface area contributed by atoms with Crippen molar-refractivity contribution in [2.24, 2.45) is 0 Å². The maximum Gasteiger partial charge on any atom is 0.307 e. The average Bonchev–Trinajstić information content (AvgIpc) is 2.47. The first-order valence-corrected chi connectivity index (χ1v) is 7.42. The molecule has 4 nitrogen and oxygen atoms in total. The van der Waals surface area contributed by atoms with Crippen LogP contribution in [-0.2, 0) is 14.3 Å². The second kappa shape index (κ2) is 7.73. The van der Waals surface area contributed by atoms with Crippen molar-refractivity contribution in [3.63, 3.8) is 0 Å². The number of morpholine rings is 1. The summed E-state index contributed by atoms with van der Waals surface area (Å²) in [4.78, 5) is 13.9. The topological polar surface area (TPSA) is 38.8 Å². The van der Waals surface area contributed by atoms with Crippen molar-refractivity contribution in [3.05, 3.63) is 34.6 Å². The lowest BCUT2D eigenvalue weighted by Gasteiger charge is -2.34. The number of halogens is 2. The third-order valence-corrected chi connectivity index (χ3v) is 3.71. The van der Waals surface area contributed by atoms with Gasteiger partial charge < -0.3 is 9.47 Å². The Morgan fingerprint density at radius 2 is 2.19 bits per heavy atom. The van der Waals surface area contributed by atoms with Gasteiger partial charge in [-0.25, -0.2) is 4.39 Å². The van der Waals surface area contributed by atoms with Gasteiger partial charge in [-0.05, 0) is 19.1 Å². The fourth-order valence-electron chi connectivity index (χ4n) is 2.47. The molecular formula is C15H19ClFNO3. The second-order valence-electron chi connectivity index (χ2n) is 4.84. The molecule has 1 atom stereocenters. The Morgan fingerprint density at radius 3 is 2.81 bits per heavy atom. The number of benzene rings is 1. The van der Waals surface area contributed by atoms with Gasteiger partial charge in [0.05, 0.1) is 26.2 Å². The van der Waals surface area contributed by atoms with Crippen LogP contribution >= 0.6 is 11.6 Å². The lowest BCUT2D eigenvalue weighted by molar-refractivity contribution is -0.145. The van der Waals surface area contributed by atoms with Crippen LogP contribution in [0.5, 0.6) is 0 Å². The van der Waals surface area contributed by atoms with Gasteiger partial charge in [-0.1, -0.05) is 17.7 Å². The molecule has 0 saturated carbocycles. The first kappa shape index (κ1) is 16.2. The Balaban J connectivity index is 2.23. The minimum atomic E-state index is -0.400. The maximum atomic E-state index is 14.2. The molecule has 1 saturated heterocycles. The van der Waals surface area contributed by atoms with E-state index in [4.69, 9.17) is 21.1 Å². The van der Waals surface area contributed by atoms with Crippen LogP contribution in [0.3, 0.4) is 0 Å². The van der Waals surface area contributed by atoms with Crippen LogP contribution < -0.4 is 0 Å². The summed E-state index contributed by atoms with van der Waals surface area (Å²) in [7, 11) is 0. The molecule has 116 valence electrons. The number of nitrogens with zero attached hydrogens (tertiary/aromatic N) is 1. The van der Waals surface area contributed by atoms with Crippen molar-refractivity contribution in [1.82, 2.24) is 4.90 Å². The number of carbonyl (C=O) groups excluding carboxylic acids is 1. The Kier molecular flexibility index (Phi) is 5.96. The van der Waals surface area contributed by atoms with Crippen LogP contribution in [0.15, 0.2) is 18.2 Å². The monoisotopic (exact) mass is 315 g/mol. The van der Waals surface area contributed by atoms with E-state index in [1.807, 2.05) is 4.90 Å². The molecule has 1 aliphatic heterocycles. The number of carbonyl (C=O) groups is 1. The van der Waals surface area contributed by atoms with E-state index < -0.39 is 5.82 Å². The zero-order chi connectivity index (χ0) is 15.2. The third kappa shape index (κ3) is 4.40. The molecule has 2 rings (SSSR count). The summed E-state index contributed by atoms with van der Waals surface area (Å²) in [6, 6.07) is 4.19. The number of rotatable bonds is 5. The van der Waals surface area contributed by atoms with E-state index in [1.54, 1.807) is 19.1 Å². The summed E-state index contributed by atoms with van der Waals surface area (Å²) < 4.78 is 24.5. The smallest absolute Gasteiger partial charge is 0.307 e. The summed E-state index contributed by atoms with van der Waals surface area (Å²) >= 11 is 5.80. The zero-order valence-corrected chi connectivity index (χ0v) is 12.7. The van der Waals surface area contributed by atoms with Crippen LogP contribution in [0, 0.1) is 5.82 Å². The molecule has 1 aromatic rings. The van der Waals surface area contributed by atoms with E-state index in [1.165, 1.54) is 6.07 Å². The van der Waals surface area contributed by atoms with E-state index in [0.717, 1.165) is 0 Å². The number of esters is 1. The van der Waals surface area contributed by atoms with Gasteiger partial charge in [0.1, 0.15) is 5.82 Å². The quantitative estimate of drug-likeness (QED) is 0.783. The average molecular weight is 316 g/mol. The number of hydrogen-bond acceptors (Lipinski definition) is 4. The van der Waals surface area contributed by atoms with Gasteiger partial charge in [0.2, 0.25) is 0 Å². The van der Waals surface area contributed by atoms with Gasteiger partial charge in [-0.2, -0.15) is 0 Å². The summed E-state index contributed by atoms with van der Waals surface area (Å²) in [5.41, 5.74) is 0.467. The first-order valence-electron chi connectivity index (χ1n) is 7.04. The van der Waals surface area contributed by atoms with E-state index in [2.05, 4.69) is 0 Å². The summed E-state index contributed by atoms with van der Waals surface area (Å²) in [6.45, 7) is 4.55. The first-order chi connectivity index (χ1) is 10.1. The van der Waals surface area contributed by atoms with Crippen LogP contribution in [0.1, 0.15) is 24.9 Å². The Morgan fingerprint density at radius 1 is 1.48 bits per heavy atom. The van der Waals surface area contributed by atoms with Crippen molar-refractivity contribution >= 4 is 17.6 Å². The Labute approximate surface area is 128 Å². The van der Waals surface area contributed by atoms with Crippen molar-refractivity contribution in [2.75, 3.05) is 32.9 Å². The van der Waals surface area contributed by atoms with Gasteiger partial charge in [0.15, 0.2) is 0 Å². The van der Waals surface area contributed by atoms with E-state index >= 15 is 0 Å².